The molecule has 5 nitrogen and oxygen atoms in total. The molecule has 0 saturated heterocycles. The van der Waals surface area contributed by atoms with Crippen molar-refractivity contribution in [1.82, 2.24) is 4.31 Å². The van der Waals surface area contributed by atoms with E-state index in [1.165, 1.54) is 20.2 Å². The smallest absolute Gasteiger partial charge is 0.258 e. The Morgan fingerprint density at radius 3 is 2.54 bits per heavy atom. The minimum absolute atomic E-state index is 0.133. The van der Waals surface area contributed by atoms with E-state index in [0.29, 0.717) is 12.1 Å². The van der Waals surface area contributed by atoms with Gasteiger partial charge in [-0.3, -0.25) is 4.79 Å². The maximum atomic E-state index is 13.0. The minimum Gasteiger partial charge on any atom is -0.308 e. The second-order valence-electron chi connectivity index (χ2n) is 6.10. The van der Waals surface area contributed by atoms with Gasteiger partial charge in [-0.05, 0) is 42.7 Å². The summed E-state index contributed by atoms with van der Waals surface area (Å²) in [6.07, 6.45) is 0.816. The van der Waals surface area contributed by atoms with Gasteiger partial charge in [0.1, 0.15) is 0 Å². The summed E-state index contributed by atoms with van der Waals surface area (Å²) >= 11 is 0. The second-order valence-corrected chi connectivity index (χ2v) is 8.25. The number of hydrogen-bond donors (Lipinski definition) is 0. The average Bonchev–Trinajstić information content (AvgIpc) is 2.98. The lowest BCUT2D eigenvalue weighted by atomic mass is 10.1. The highest BCUT2D eigenvalue weighted by Gasteiger charge is 2.27. The molecule has 0 aliphatic carbocycles. The lowest BCUT2D eigenvalue weighted by Gasteiger charge is -2.19. The molecule has 0 N–H and O–H groups in total. The Morgan fingerprint density at radius 2 is 1.83 bits per heavy atom. The fraction of sp³-hybridized carbons (Fsp3) is 0.278. The van der Waals surface area contributed by atoms with Crippen molar-refractivity contribution < 1.29 is 13.2 Å². The SMILES string of the molecule is Cc1ccc(S(=O)(=O)N(C)C)cc1C(=O)N1CCc2ccccc21. The molecule has 1 aliphatic heterocycles. The summed E-state index contributed by atoms with van der Waals surface area (Å²) in [7, 11) is -0.612. The van der Waals surface area contributed by atoms with Crippen molar-refractivity contribution in [2.45, 2.75) is 18.2 Å². The van der Waals surface area contributed by atoms with Gasteiger partial charge in [0.15, 0.2) is 0 Å². The molecule has 24 heavy (non-hydrogen) atoms. The Bertz CT molecular complexity index is 904. The van der Waals surface area contributed by atoms with Gasteiger partial charge in [-0.1, -0.05) is 24.3 Å². The Hall–Kier alpha value is -2.18. The molecule has 0 unspecified atom stereocenters. The number of benzene rings is 2. The van der Waals surface area contributed by atoms with Crippen LogP contribution in [0.5, 0.6) is 0 Å². The highest BCUT2D eigenvalue weighted by atomic mass is 32.2. The van der Waals surface area contributed by atoms with E-state index in [2.05, 4.69) is 0 Å². The van der Waals surface area contributed by atoms with Crippen molar-refractivity contribution in [3.63, 3.8) is 0 Å². The second kappa shape index (κ2) is 6.03. The number of nitrogens with zero attached hydrogens (tertiary/aromatic N) is 2. The third-order valence-corrected chi connectivity index (χ3v) is 6.16. The molecule has 0 atom stereocenters. The zero-order valence-electron chi connectivity index (χ0n) is 14.0. The lowest BCUT2D eigenvalue weighted by molar-refractivity contribution is 0.0988. The number of amides is 1. The number of carbonyl (C=O) groups is 1. The first-order valence-corrected chi connectivity index (χ1v) is 9.19. The molecule has 126 valence electrons. The summed E-state index contributed by atoms with van der Waals surface area (Å²) in [6.45, 7) is 2.43. The maximum Gasteiger partial charge on any atom is 0.258 e. The summed E-state index contributed by atoms with van der Waals surface area (Å²) < 4.78 is 25.8. The predicted molar refractivity (Wildman–Crippen MR) is 93.9 cm³/mol. The molecular weight excluding hydrogens is 324 g/mol. The van der Waals surface area contributed by atoms with Crippen molar-refractivity contribution in [1.29, 1.82) is 0 Å². The van der Waals surface area contributed by atoms with Crippen LogP contribution in [0, 0.1) is 6.92 Å². The number of fused-ring (bicyclic) bond motifs is 1. The van der Waals surface area contributed by atoms with E-state index in [1.807, 2.05) is 31.2 Å². The Balaban J connectivity index is 2.03. The van der Waals surface area contributed by atoms with Gasteiger partial charge in [-0.2, -0.15) is 0 Å². The zero-order chi connectivity index (χ0) is 17.5. The summed E-state index contributed by atoms with van der Waals surface area (Å²) in [4.78, 5) is 14.9. The molecule has 0 radical (unpaired) electrons. The first-order valence-electron chi connectivity index (χ1n) is 7.75. The normalized spacial score (nSPS) is 14.1. The zero-order valence-corrected chi connectivity index (χ0v) is 14.8. The molecule has 0 saturated carbocycles. The number of aryl methyl sites for hydroxylation is 1. The first kappa shape index (κ1) is 16.7. The van der Waals surface area contributed by atoms with Crippen LogP contribution in [0.4, 0.5) is 5.69 Å². The van der Waals surface area contributed by atoms with E-state index in [4.69, 9.17) is 0 Å². The molecule has 2 aromatic rings. The van der Waals surface area contributed by atoms with Crippen molar-refractivity contribution >= 4 is 21.6 Å². The molecule has 0 spiro atoms. The molecule has 3 rings (SSSR count). The van der Waals surface area contributed by atoms with Crippen LogP contribution in [0.1, 0.15) is 21.5 Å². The van der Waals surface area contributed by atoms with Gasteiger partial charge < -0.3 is 4.90 Å². The molecule has 1 amide bonds. The lowest BCUT2D eigenvalue weighted by Crippen LogP contribution is -2.30. The molecular formula is C18H20N2O3S. The van der Waals surface area contributed by atoms with Gasteiger partial charge in [0, 0.05) is 31.9 Å². The van der Waals surface area contributed by atoms with E-state index in [0.717, 1.165) is 27.5 Å². The van der Waals surface area contributed by atoms with Gasteiger partial charge in [-0.25, -0.2) is 12.7 Å². The van der Waals surface area contributed by atoms with E-state index in [-0.39, 0.29) is 10.8 Å². The van der Waals surface area contributed by atoms with E-state index >= 15 is 0 Å². The Labute approximate surface area is 142 Å². The van der Waals surface area contributed by atoms with Crippen LogP contribution in [0.2, 0.25) is 0 Å². The van der Waals surface area contributed by atoms with Gasteiger partial charge in [0.05, 0.1) is 4.90 Å². The third kappa shape index (κ3) is 2.72. The fourth-order valence-electron chi connectivity index (χ4n) is 2.90. The van der Waals surface area contributed by atoms with Crippen molar-refractivity contribution in [2.75, 3.05) is 25.5 Å². The van der Waals surface area contributed by atoms with Crippen LogP contribution in [-0.4, -0.2) is 39.3 Å². The van der Waals surface area contributed by atoms with Crippen molar-refractivity contribution in [3.8, 4) is 0 Å². The number of sulfonamides is 1. The Kier molecular flexibility index (Phi) is 4.19. The van der Waals surface area contributed by atoms with Crippen LogP contribution in [0.25, 0.3) is 0 Å². The molecule has 0 fully saturated rings. The van der Waals surface area contributed by atoms with E-state index in [9.17, 15) is 13.2 Å². The number of hydrogen-bond acceptors (Lipinski definition) is 3. The summed E-state index contributed by atoms with van der Waals surface area (Å²) in [5.41, 5.74) is 3.24. The number of rotatable bonds is 3. The van der Waals surface area contributed by atoms with Gasteiger partial charge in [0.2, 0.25) is 10.0 Å². The largest absolute Gasteiger partial charge is 0.308 e. The topological polar surface area (TPSA) is 57.7 Å². The monoisotopic (exact) mass is 344 g/mol. The van der Waals surface area contributed by atoms with E-state index < -0.39 is 10.0 Å². The molecule has 6 heteroatoms. The summed E-state index contributed by atoms with van der Waals surface area (Å²) in [5.74, 6) is -0.159. The van der Waals surface area contributed by atoms with Crippen LogP contribution >= 0.6 is 0 Å². The quantitative estimate of drug-likeness (QED) is 0.859. The number of anilines is 1. The van der Waals surface area contributed by atoms with Crippen LogP contribution < -0.4 is 4.90 Å². The standard InChI is InChI=1S/C18H20N2O3S/c1-13-8-9-15(24(22,23)19(2)3)12-16(13)18(21)20-11-10-14-6-4-5-7-17(14)20/h4-9,12H,10-11H2,1-3H3. The highest BCUT2D eigenvalue weighted by Crippen LogP contribution is 2.30. The molecule has 1 aliphatic rings. The van der Waals surface area contributed by atoms with Gasteiger partial charge >= 0.3 is 0 Å². The fourth-order valence-corrected chi connectivity index (χ4v) is 3.83. The van der Waals surface area contributed by atoms with Gasteiger partial charge in [-0.15, -0.1) is 0 Å². The molecule has 2 aromatic carbocycles. The third-order valence-electron chi connectivity index (χ3n) is 4.35. The number of carbonyl (C=O) groups excluding carboxylic acids is 1. The summed E-state index contributed by atoms with van der Waals surface area (Å²) in [5, 5.41) is 0. The molecule has 0 aromatic heterocycles. The minimum atomic E-state index is -3.57. The van der Waals surface area contributed by atoms with Crippen LogP contribution in [0.3, 0.4) is 0 Å². The summed E-state index contributed by atoms with van der Waals surface area (Å²) in [6, 6.07) is 12.5. The maximum absolute atomic E-state index is 13.0. The predicted octanol–water partition coefficient (Wildman–Crippen LogP) is 2.45. The van der Waals surface area contributed by atoms with Gasteiger partial charge in [0.25, 0.3) is 5.91 Å². The number of para-hydroxylation sites is 1. The first-order chi connectivity index (χ1) is 11.3. The van der Waals surface area contributed by atoms with Crippen molar-refractivity contribution in [3.05, 3.63) is 59.2 Å². The average molecular weight is 344 g/mol. The highest BCUT2D eigenvalue weighted by molar-refractivity contribution is 7.89. The van der Waals surface area contributed by atoms with Crippen LogP contribution in [-0.2, 0) is 16.4 Å². The van der Waals surface area contributed by atoms with Crippen LogP contribution in [0.15, 0.2) is 47.4 Å². The Morgan fingerprint density at radius 1 is 1.12 bits per heavy atom. The molecule has 0 bridgehead atoms. The molecule has 1 heterocycles. The van der Waals surface area contributed by atoms with Crippen molar-refractivity contribution in [2.24, 2.45) is 0 Å². The van der Waals surface area contributed by atoms with E-state index in [1.54, 1.807) is 17.0 Å².